The lowest BCUT2D eigenvalue weighted by molar-refractivity contribution is 0.664. The highest BCUT2D eigenvalue weighted by Crippen LogP contribution is 2.26. The molecule has 6 heteroatoms. The van der Waals surface area contributed by atoms with Crippen LogP contribution in [0.5, 0.6) is 0 Å². The van der Waals surface area contributed by atoms with E-state index in [-0.39, 0.29) is 0 Å². The van der Waals surface area contributed by atoms with Gasteiger partial charge >= 0.3 is 0 Å². The molecule has 0 saturated carbocycles. The van der Waals surface area contributed by atoms with Gasteiger partial charge in [-0.05, 0) is 36.4 Å². The van der Waals surface area contributed by atoms with Crippen LogP contribution in [0.25, 0.3) is 0 Å². The van der Waals surface area contributed by atoms with Crippen molar-refractivity contribution in [3.63, 3.8) is 0 Å². The predicted octanol–water partition coefficient (Wildman–Crippen LogP) is 1.86. The molecule has 0 unspecified atom stereocenters. The van der Waals surface area contributed by atoms with Gasteiger partial charge in [0.2, 0.25) is 0 Å². The fourth-order valence-electron chi connectivity index (χ4n) is 1.50. The van der Waals surface area contributed by atoms with Gasteiger partial charge in [0.1, 0.15) is 11.4 Å². The van der Waals surface area contributed by atoms with Crippen LogP contribution >= 0.6 is 11.8 Å². The molecule has 0 atom stereocenters. The molecule has 1 N–H and O–H groups in total. The van der Waals surface area contributed by atoms with Crippen molar-refractivity contribution in [2.24, 2.45) is 7.05 Å². The normalized spacial score (nSPS) is 10.8. The molecule has 0 radical (unpaired) electrons. The van der Waals surface area contributed by atoms with Crippen molar-refractivity contribution in [3.05, 3.63) is 30.2 Å². The molecule has 5 nitrogen and oxygen atoms in total. The van der Waals surface area contributed by atoms with Crippen LogP contribution in [0, 0.1) is 0 Å². The molecule has 18 heavy (non-hydrogen) atoms. The smallest absolute Gasteiger partial charge is 0.197 e. The zero-order valence-electron chi connectivity index (χ0n) is 10.6. The second-order valence-electron chi connectivity index (χ2n) is 3.97. The Hall–Kier alpha value is -1.40. The van der Waals surface area contributed by atoms with Crippen molar-refractivity contribution < 1.29 is 0 Å². The van der Waals surface area contributed by atoms with E-state index < -0.39 is 0 Å². The Morgan fingerprint density at radius 1 is 1.44 bits per heavy atom. The molecular formula is C12H17N5S. The van der Waals surface area contributed by atoms with Gasteiger partial charge in [-0.1, -0.05) is 13.0 Å². The van der Waals surface area contributed by atoms with Crippen molar-refractivity contribution >= 4 is 11.8 Å². The average molecular weight is 263 g/mol. The highest BCUT2D eigenvalue weighted by molar-refractivity contribution is 7.99. The average Bonchev–Trinajstić information content (AvgIpc) is 2.78. The van der Waals surface area contributed by atoms with E-state index >= 15 is 0 Å². The minimum atomic E-state index is 0.835. The highest BCUT2D eigenvalue weighted by Gasteiger charge is 2.08. The Kier molecular flexibility index (Phi) is 4.72. The minimum Gasteiger partial charge on any atom is -0.313 e. The topological polar surface area (TPSA) is 55.6 Å². The molecule has 2 aromatic heterocycles. The Bertz CT molecular complexity index is 497. The number of nitrogens with zero attached hydrogens (tertiary/aromatic N) is 4. The summed E-state index contributed by atoms with van der Waals surface area (Å²) in [6.07, 6.45) is 4.63. The zero-order chi connectivity index (χ0) is 12.8. The second-order valence-corrected chi connectivity index (χ2v) is 4.93. The fourth-order valence-corrected chi connectivity index (χ4v) is 2.34. The van der Waals surface area contributed by atoms with Gasteiger partial charge in [-0.15, -0.1) is 10.2 Å². The maximum absolute atomic E-state index is 4.42. The van der Waals surface area contributed by atoms with E-state index in [0.717, 1.165) is 29.7 Å². The summed E-state index contributed by atoms with van der Waals surface area (Å²) in [6.45, 7) is 4.01. The predicted molar refractivity (Wildman–Crippen MR) is 71.4 cm³/mol. The molecule has 0 aliphatic rings. The molecule has 0 aliphatic carbocycles. The van der Waals surface area contributed by atoms with Gasteiger partial charge in [0.05, 0.1) is 0 Å². The van der Waals surface area contributed by atoms with Crippen molar-refractivity contribution in [1.29, 1.82) is 0 Å². The molecule has 0 aliphatic heterocycles. The van der Waals surface area contributed by atoms with Crippen LogP contribution in [0.15, 0.2) is 34.8 Å². The lowest BCUT2D eigenvalue weighted by Gasteiger charge is -2.08. The molecule has 0 saturated heterocycles. The molecule has 0 fully saturated rings. The van der Waals surface area contributed by atoms with E-state index in [9.17, 15) is 0 Å². The van der Waals surface area contributed by atoms with E-state index in [0.29, 0.717) is 0 Å². The van der Waals surface area contributed by atoms with Gasteiger partial charge in [-0.3, -0.25) is 0 Å². The third-order valence-electron chi connectivity index (χ3n) is 2.45. The van der Waals surface area contributed by atoms with E-state index in [1.165, 1.54) is 5.56 Å². The van der Waals surface area contributed by atoms with Gasteiger partial charge < -0.3 is 9.88 Å². The third kappa shape index (κ3) is 3.30. The van der Waals surface area contributed by atoms with Crippen LogP contribution < -0.4 is 5.32 Å². The number of aryl methyl sites for hydroxylation is 1. The van der Waals surface area contributed by atoms with Gasteiger partial charge in [0, 0.05) is 19.8 Å². The maximum atomic E-state index is 4.42. The SMILES string of the molecule is CCCNCc1cccnc1Sc1nncn1C. The maximum Gasteiger partial charge on any atom is 0.197 e. The monoisotopic (exact) mass is 263 g/mol. The Balaban J connectivity index is 2.10. The first-order valence-corrected chi connectivity index (χ1v) is 6.79. The molecule has 0 bridgehead atoms. The highest BCUT2D eigenvalue weighted by atomic mass is 32.2. The van der Waals surface area contributed by atoms with Crippen LogP contribution in [-0.4, -0.2) is 26.3 Å². The van der Waals surface area contributed by atoms with Gasteiger partial charge in [0.15, 0.2) is 5.16 Å². The van der Waals surface area contributed by atoms with Crippen LogP contribution in [0.4, 0.5) is 0 Å². The van der Waals surface area contributed by atoms with E-state index in [1.54, 1.807) is 18.1 Å². The molecule has 2 heterocycles. The Labute approximate surface area is 111 Å². The molecular weight excluding hydrogens is 246 g/mol. The lowest BCUT2D eigenvalue weighted by Crippen LogP contribution is -2.14. The van der Waals surface area contributed by atoms with Gasteiger partial charge in [-0.2, -0.15) is 0 Å². The summed E-state index contributed by atoms with van der Waals surface area (Å²) in [5.74, 6) is 0. The summed E-state index contributed by atoms with van der Waals surface area (Å²) < 4.78 is 1.89. The summed E-state index contributed by atoms with van der Waals surface area (Å²) >= 11 is 1.54. The van der Waals surface area contributed by atoms with E-state index in [4.69, 9.17) is 0 Å². The summed E-state index contributed by atoms with van der Waals surface area (Å²) in [4.78, 5) is 4.42. The minimum absolute atomic E-state index is 0.835. The summed E-state index contributed by atoms with van der Waals surface area (Å²) in [7, 11) is 1.93. The van der Waals surface area contributed by atoms with Crippen LogP contribution in [-0.2, 0) is 13.6 Å². The van der Waals surface area contributed by atoms with Crippen molar-refractivity contribution in [3.8, 4) is 0 Å². The largest absolute Gasteiger partial charge is 0.313 e. The summed E-state index contributed by atoms with van der Waals surface area (Å²) in [5, 5.41) is 13.2. The first-order valence-electron chi connectivity index (χ1n) is 5.97. The molecule has 0 aromatic carbocycles. The number of nitrogens with one attached hydrogen (secondary N) is 1. The van der Waals surface area contributed by atoms with Crippen LogP contribution in [0.2, 0.25) is 0 Å². The van der Waals surface area contributed by atoms with Crippen molar-refractivity contribution in [2.75, 3.05) is 6.54 Å². The Morgan fingerprint density at radius 3 is 3.06 bits per heavy atom. The first-order chi connectivity index (χ1) is 8.81. The first kappa shape index (κ1) is 13.0. The van der Waals surface area contributed by atoms with Crippen LogP contribution in [0.1, 0.15) is 18.9 Å². The summed E-state index contributed by atoms with van der Waals surface area (Å²) in [6, 6.07) is 4.05. The quantitative estimate of drug-likeness (QED) is 0.806. The van der Waals surface area contributed by atoms with Crippen molar-refractivity contribution in [1.82, 2.24) is 25.1 Å². The number of aromatic nitrogens is 4. The third-order valence-corrected chi connectivity index (χ3v) is 3.56. The van der Waals surface area contributed by atoms with Gasteiger partial charge in [-0.25, -0.2) is 4.98 Å². The standard InChI is InChI=1S/C12H17N5S/c1-3-6-13-8-10-5-4-7-14-11(10)18-12-16-15-9-17(12)2/h4-5,7,9,13H,3,6,8H2,1-2H3. The number of pyridine rings is 1. The van der Waals surface area contributed by atoms with Gasteiger partial charge in [0.25, 0.3) is 0 Å². The van der Waals surface area contributed by atoms with E-state index in [2.05, 4.69) is 33.5 Å². The Morgan fingerprint density at radius 2 is 2.33 bits per heavy atom. The summed E-state index contributed by atoms with van der Waals surface area (Å²) in [5.41, 5.74) is 1.19. The van der Waals surface area contributed by atoms with E-state index in [1.807, 2.05) is 23.9 Å². The molecule has 0 amide bonds. The zero-order valence-corrected chi connectivity index (χ0v) is 11.4. The molecule has 96 valence electrons. The number of hydrogen-bond donors (Lipinski definition) is 1. The van der Waals surface area contributed by atoms with Crippen molar-refractivity contribution in [2.45, 2.75) is 30.1 Å². The van der Waals surface area contributed by atoms with Crippen LogP contribution in [0.3, 0.4) is 0 Å². The molecule has 2 rings (SSSR count). The number of rotatable bonds is 6. The fraction of sp³-hybridized carbons (Fsp3) is 0.417. The lowest BCUT2D eigenvalue weighted by atomic mass is 10.3. The second kappa shape index (κ2) is 6.51. The molecule has 2 aromatic rings. The molecule has 0 spiro atoms. The number of hydrogen-bond acceptors (Lipinski definition) is 5.